The predicted octanol–water partition coefficient (Wildman–Crippen LogP) is 4.12. The third kappa shape index (κ3) is 3.21. The van der Waals surface area contributed by atoms with Crippen LogP contribution < -0.4 is 4.90 Å². The van der Waals surface area contributed by atoms with E-state index in [-0.39, 0.29) is 6.61 Å². The molecule has 2 aromatic rings. The Morgan fingerprint density at radius 1 is 1.00 bits per heavy atom. The van der Waals surface area contributed by atoms with Gasteiger partial charge in [-0.2, -0.15) is 0 Å². The van der Waals surface area contributed by atoms with Crippen molar-refractivity contribution in [2.75, 3.05) is 11.9 Å². The lowest BCUT2D eigenvalue weighted by Crippen LogP contribution is -2.18. The van der Waals surface area contributed by atoms with E-state index in [0.29, 0.717) is 11.6 Å². The van der Waals surface area contributed by atoms with Crippen molar-refractivity contribution in [2.45, 2.75) is 13.2 Å². The third-order valence-corrected chi connectivity index (χ3v) is 3.75. The van der Waals surface area contributed by atoms with Gasteiger partial charge in [-0.1, -0.05) is 47.5 Å². The number of hydrogen-bond acceptors (Lipinski definition) is 2. The molecule has 0 heterocycles. The maximum atomic E-state index is 9.43. The lowest BCUT2D eigenvalue weighted by Gasteiger charge is -2.23. The Morgan fingerprint density at radius 2 is 1.68 bits per heavy atom. The van der Waals surface area contributed by atoms with Crippen LogP contribution in [0.3, 0.4) is 0 Å². The second-order valence-corrected chi connectivity index (χ2v) is 5.16. The monoisotopic (exact) mass is 295 g/mol. The minimum atomic E-state index is -0.0815. The molecule has 19 heavy (non-hydrogen) atoms. The van der Waals surface area contributed by atoms with Crippen molar-refractivity contribution in [3.8, 4) is 0 Å². The summed E-state index contributed by atoms with van der Waals surface area (Å²) in [7, 11) is 1.95. The first kappa shape index (κ1) is 14.2. The van der Waals surface area contributed by atoms with Crippen LogP contribution in [-0.4, -0.2) is 12.2 Å². The average Bonchev–Trinajstić information content (AvgIpc) is 2.41. The molecule has 0 unspecified atom stereocenters. The fourth-order valence-electron chi connectivity index (χ4n) is 2.03. The van der Waals surface area contributed by atoms with Gasteiger partial charge in [0.1, 0.15) is 0 Å². The fourth-order valence-corrected chi connectivity index (χ4v) is 2.45. The van der Waals surface area contributed by atoms with E-state index in [1.807, 2.05) is 48.3 Å². The molecule has 0 aromatic heterocycles. The highest BCUT2D eigenvalue weighted by molar-refractivity contribution is 6.32. The van der Waals surface area contributed by atoms with Gasteiger partial charge in [0.25, 0.3) is 0 Å². The van der Waals surface area contributed by atoms with Gasteiger partial charge in [0, 0.05) is 34.9 Å². The molecular formula is C15H15Cl2NO. The average molecular weight is 296 g/mol. The zero-order chi connectivity index (χ0) is 13.8. The Kier molecular flexibility index (Phi) is 4.70. The second kappa shape index (κ2) is 6.29. The van der Waals surface area contributed by atoms with Crippen LogP contribution in [0.1, 0.15) is 11.1 Å². The van der Waals surface area contributed by atoms with Crippen molar-refractivity contribution in [2.24, 2.45) is 0 Å². The molecule has 0 aliphatic carbocycles. The minimum Gasteiger partial charge on any atom is -0.392 e. The molecule has 0 aliphatic heterocycles. The summed E-state index contributed by atoms with van der Waals surface area (Å²) in [4.78, 5) is 2.03. The first-order chi connectivity index (χ1) is 9.13. The number of benzene rings is 2. The van der Waals surface area contributed by atoms with Gasteiger partial charge < -0.3 is 10.0 Å². The van der Waals surface area contributed by atoms with E-state index in [4.69, 9.17) is 23.2 Å². The maximum Gasteiger partial charge on any atom is 0.0716 e. The molecule has 0 radical (unpaired) electrons. The summed E-state index contributed by atoms with van der Waals surface area (Å²) in [5.41, 5.74) is 2.68. The van der Waals surface area contributed by atoms with Gasteiger partial charge in [0.05, 0.1) is 6.61 Å². The van der Waals surface area contributed by atoms with Gasteiger partial charge in [0.2, 0.25) is 0 Å². The van der Waals surface area contributed by atoms with E-state index in [1.54, 1.807) is 6.07 Å². The van der Waals surface area contributed by atoms with Crippen LogP contribution in [0, 0.1) is 0 Å². The van der Waals surface area contributed by atoms with Gasteiger partial charge >= 0.3 is 0 Å². The molecule has 2 rings (SSSR count). The summed E-state index contributed by atoms with van der Waals surface area (Å²) >= 11 is 12.3. The number of nitrogens with zero attached hydrogens (tertiary/aromatic N) is 1. The van der Waals surface area contributed by atoms with E-state index in [2.05, 4.69) is 0 Å². The molecule has 4 heteroatoms. The number of aliphatic hydroxyl groups is 1. The van der Waals surface area contributed by atoms with E-state index < -0.39 is 0 Å². The Labute approximate surface area is 123 Å². The first-order valence-electron chi connectivity index (χ1n) is 5.96. The van der Waals surface area contributed by atoms with Crippen LogP contribution in [-0.2, 0) is 13.2 Å². The smallest absolute Gasteiger partial charge is 0.0716 e. The predicted molar refractivity (Wildman–Crippen MR) is 80.9 cm³/mol. The molecule has 0 saturated carbocycles. The number of aliphatic hydroxyl groups excluding tert-OH is 1. The van der Waals surface area contributed by atoms with Crippen molar-refractivity contribution >= 4 is 28.9 Å². The Bertz CT molecular complexity index is 572. The highest BCUT2D eigenvalue weighted by Gasteiger charge is 2.11. The second-order valence-electron chi connectivity index (χ2n) is 4.34. The van der Waals surface area contributed by atoms with Gasteiger partial charge in [-0.05, 0) is 23.8 Å². The van der Waals surface area contributed by atoms with E-state index in [0.717, 1.165) is 21.8 Å². The lowest BCUT2D eigenvalue weighted by molar-refractivity contribution is 0.282. The number of anilines is 1. The van der Waals surface area contributed by atoms with Crippen molar-refractivity contribution in [3.63, 3.8) is 0 Å². The molecule has 2 aromatic carbocycles. The van der Waals surface area contributed by atoms with Crippen LogP contribution in [0.25, 0.3) is 0 Å². The Balaban J connectivity index is 2.28. The summed E-state index contributed by atoms with van der Waals surface area (Å²) in [5, 5.41) is 10.7. The van der Waals surface area contributed by atoms with Crippen molar-refractivity contribution in [1.82, 2.24) is 0 Å². The van der Waals surface area contributed by atoms with Crippen molar-refractivity contribution in [3.05, 3.63) is 63.6 Å². The minimum absolute atomic E-state index is 0.0815. The van der Waals surface area contributed by atoms with Gasteiger partial charge in [-0.3, -0.25) is 0 Å². The summed E-state index contributed by atoms with van der Waals surface area (Å²) < 4.78 is 0. The first-order valence-corrected chi connectivity index (χ1v) is 6.72. The topological polar surface area (TPSA) is 23.5 Å². The van der Waals surface area contributed by atoms with Gasteiger partial charge in [0.15, 0.2) is 0 Å². The maximum absolute atomic E-state index is 9.43. The van der Waals surface area contributed by atoms with Crippen molar-refractivity contribution in [1.29, 1.82) is 0 Å². The quantitative estimate of drug-likeness (QED) is 0.917. The summed E-state index contributed by atoms with van der Waals surface area (Å²) in [6.07, 6.45) is 0. The van der Waals surface area contributed by atoms with Crippen LogP contribution in [0.2, 0.25) is 10.0 Å². The SMILES string of the molecule is CN(Cc1ccccc1Cl)c1cccc(Cl)c1CO. The van der Waals surface area contributed by atoms with Gasteiger partial charge in [-0.25, -0.2) is 0 Å². The lowest BCUT2D eigenvalue weighted by atomic mass is 10.1. The molecule has 2 nitrogen and oxygen atoms in total. The van der Waals surface area contributed by atoms with Gasteiger partial charge in [-0.15, -0.1) is 0 Å². The molecular weight excluding hydrogens is 281 g/mol. The summed E-state index contributed by atoms with van der Waals surface area (Å²) in [6, 6.07) is 13.3. The van der Waals surface area contributed by atoms with E-state index in [9.17, 15) is 5.11 Å². The zero-order valence-corrected chi connectivity index (χ0v) is 12.1. The molecule has 0 aliphatic rings. The largest absolute Gasteiger partial charge is 0.392 e. The van der Waals surface area contributed by atoms with Crippen LogP contribution in [0.4, 0.5) is 5.69 Å². The van der Waals surface area contributed by atoms with E-state index in [1.165, 1.54) is 0 Å². The fraction of sp³-hybridized carbons (Fsp3) is 0.200. The number of rotatable bonds is 4. The summed E-state index contributed by atoms with van der Waals surface area (Å²) in [5.74, 6) is 0. The zero-order valence-electron chi connectivity index (χ0n) is 10.6. The molecule has 100 valence electrons. The Morgan fingerprint density at radius 3 is 2.37 bits per heavy atom. The molecule has 1 N–H and O–H groups in total. The highest BCUT2D eigenvalue weighted by atomic mass is 35.5. The molecule has 0 fully saturated rings. The molecule has 0 atom stereocenters. The molecule has 0 saturated heterocycles. The van der Waals surface area contributed by atoms with Crippen LogP contribution >= 0.6 is 23.2 Å². The molecule has 0 spiro atoms. The number of halogens is 2. The highest BCUT2D eigenvalue weighted by Crippen LogP contribution is 2.28. The standard InChI is InChI=1S/C15H15Cl2NO/c1-18(9-11-5-2-3-6-13(11)16)15-8-4-7-14(17)12(15)10-19/h2-8,19H,9-10H2,1H3. The van der Waals surface area contributed by atoms with Crippen LogP contribution in [0.5, 0.6) is 0 Å². The Hall–Kier alpha value is -1.22. The number of hydrogen-bond donors (Lipinski definition) is 1. The normalized spacial score (nSPS) is 10.5. The molecule has 0 amide bonds. The van der Waals surface area contributed by atoms with Crippen molar-refractivity contribution < 1.29 is 5.11 Å². The van der Waals surface area contributed by atoms with E-state index >= 15 is 0 Å². The molecule has 0 bridgehead atoms. The third-order valence-electron chi connectivity index (χ3n) is 3.03. The van der Waals surface area contributed by atoms with Crippen LogP contribution in [0.15, 0.2) is 42.5 Å². The summed E-state index contributed by atoms with van der Waals surface area (Å²) in [6.45, 7) is 0.578.